The van der Waals surface area contributed by atoms with Crippen molar-refractivity contribution in [2.24, 2.45) is 5.92 Å². The van der Waals surface area contributed by atoms with Crippen LogP contribution in [-0.2, 0) is 11.3 Å². The molecule has 25 heavy (non-hydrogen) atoms. The van der Waals surface area contributed by atoms with Gasteiger partial charge in [0.05, 0.1) is 18.3 Å². The van der Waals surface area contributed by atoms with E-state index in [0.717, 1.165) is 37.8 Å². The van der Waals surface area contributed by atoms with Gasteiger partial charge in [-0.3, -0.25) is 9.59 Å². The molecule has 0 bridgehead atoms. The van der Waals surface area contributed by atoms with Crippen molar-refractivity contribution >= 4 is 5.91 Å². The van der Waals surface area contributed by atoms with E-state index in [2.05, 4.69) is 5.10 Å². The van der Waals surface area contributed by atoms with Crippen LogP contribution >= 0.6 is 0 Å². The normalized spacial score (nSPS) is 20.0. The highest BCUT2D eigenvalue weighted by atomic mass is 19.1. The zero-order valence-corrected chi connectivity index (χ0v) is 13.9. The number of hydrogen-bond donors (Lipinski definition) is 0. The van der Waals surface area contributed by atoms with Gasteiger partial charge in [0.15, 0.2) is 0 Å². The van der Waals surface area contributed by atoms with Crippen molar-refractivity contribution in [1.29, 1.82) is 0 Å². The molecule has 1 aliphatic carbocycles. The van der Waals surface area contributed by atoms with E-state index >= 15 is 0 Å². The molecular weight excluding hydrogens is 321 g/mol. The number of nitrogens with zero attached hydrogens (tertiary/aromatic N) is 3. The summed E-state index contributed by atoms with van der Waals surface area (Å²) in [5, 5.41) is 4.43. The molecule has 2 fully saturated rings. The van der Waals surface area contributed by atoms with Crippen LogP contribution < -0.4 is 5.56 Å². The van der Waals surface area contributed by atoms with E-state index < -0.39 is 0 Å². The molecule has 1 saturated carbocycles. The second-order valence-electron chi connectivity index (χ2n) is 6.85. The van der Waals surface area contributed by atoms with E-state index in [1.54, 1.807) is 18.2 Å². The predicted molar refractivity (Wildman–Crippen MR) is 91.4 cm³/mol. The highest BCUT2D eigenvalue weighted by Gasteiger charge is 2.38. The summed E-state index contributed by atoms with van der Waals surface area (Å²) in [4.78, 5) is 26.5. The van der Waals surface area contributed by atoms with E-state index in [1.807, 2.05) is 4.90 Å². The molecule has 0 spiro atoms. The van der Waals surface area contributed by atoms with Gasteiger partial charge in [-0.05, 0) is 56.0 Å². The first-order valence-corrected chi connectivity index (χ1v) is 8.76. The maximum atomic E-state index is 13.1. The first-order chi connectivity index (χ1) is 12.1. The first kappa shape index (κ1) is 16.0. The van der Waals surface area contributed by atoms with Crippen LogP contribution in [0.3, 0.4) is 0 Å². The fourth-order valence-electron chi connectivity index (χ4n) is 3.43. The Kier molecular flexibility index (Phi) is 4.11. The van der Waals surface area contributed by atoms with Gasteiger partial charge in [-0.15, -0.1) is 0 Å². The molecule has 2 aliphatic rings. The maximum absolute atomic E-state index is 13.1. The van der Waals surface area contributed by atoms with Gasteiger partial charge < -0.3 is 4.90 Å². The zero-order chi connectivity index (χ0) is 17.4. The number of aromatic nitrogens is 2. The predicted octanol–water partition coefficient (Wildman–Crippen LogP) is 2.45. The van der Waals surface area contributed by atoms with Gasteiger partial charge in [0, 0.05) is 24.1 Å². The van der Waals surface area contributed by atoms with E-state index in [-0.39, 0.29) is 29.2 Å². The molecule has 1 aromatic carbocycles. The summed E-state index contributed by atoms with van der Waals surface area (Å²) in [5.41, 5.74) is 1.20. The van der Waals surface area contributed by atoms with E-state index in [0.29, 0.717) is 12.2 Å². The van der Waals surface area contributed by atoms with E-state index in [4.69, 9.17) is 0 Å². The van der Waals surface area contributed by atoms with Crippen LogP contribution in [0.15, 0.2) is 41.2 Å². The second-order valence-corrected chi connectivity index (χ2v) is 6.85. The van der Waals surface area contributed by atoms with E-state index in [9.17, 15) is 14.0 Å². The number of halogens is 1. The smallest absolute Gasteiger partial charge is 0.266 e. The number of likely N-dealkylation sites (tertiary alicyclic amines) is 1. The molecule has 0 N–H and O–H groups in total. The number of amides is 1. The van der Waals surface area contributed by atoms with Gasteiger partial charge in [-0.2, -0.15) is 5.10 Å². The quantitative estimate of drug-likeness (QED) is 0.858. The first-order valence-electron chi connectivity index (χ1n) is 8.76. The molecule has 1 saturated heterocycles. The fourth-order valence-corrected chi connectivity index (χ4v) is 3.43. The molecule has 1 amide bonds. The van der Waals surface area contributed by atoms with Gasteiger partial charge >= 0.3 is 0 Å². The minimum Gasteiger partial charge on any atom is -0.338 e. The lowest BCUT2D eigenvalue weighted by Crippen LogP contribution is -2.41. The van der Waals surface area contributed by atoms with Crippen molar-refractivity contribution < 1.29 is 9.18 Å². The van der Waals surface area contributed by atoms with Crippen molar-refractivity contribution in [3.8, 4) is 11.3 Å². The summed E-state index contributed by atoms with van der Waals surface area (Å²) in [7, 11) is 0. The summed E-state index contributed by atoms with van der Waals surface area (Å²) in [6, 6.07) is 9.19. The third-order valence-electron chi connectivity index (χ3n) is 4.98. The average Bonchev–Trinajstić information content (AvgIpc) is 3.36. The summed E-state index contributed by atoms with van der Waals surface area (Å²) in [6.45, 7) is 1.18. The summed E-state index contributed by atoms with van der Waals surface area (Å²) >= 11 is 0. The minimum atomic E-state index is -0.308. The van der Waals surface area contributed by atoms with Crippen LogP contribution in [0, 0.1) is 11.7 Å². The third kappa shape index (κ3) is 3.34. The van der Waals surface area contributed by atoms with E-state index in [1.165, 1.54) is 22.9 Å². The number of rotatable bonds is 4. The van der Waals surface area contributed by atoms with Crippen molar-refractivity contribution in [1.82, 2.24) is 14.7 Å². The summed E-state index contributed by atoms with van der Waals surface area (Å²) in [6.07, 6.45) is 3.84. The van der Waals surface area contributed by atoms with Gasteiger partial charge in [-0.1, -0.05) is 0 Å². The Morgan fingerprint density at radius 1 is 1.12 bits per heavy atom. The van der Waals surface area contributed by atoms with Crippen LogP contribution in [-0.4, -0.2) is 33.2 Å². The largest absolute Gasteiger partial charge is 0.338 e. The zero-order valence-electron chi connectivity index (χ0n) is 13.9. The molecule has 4 rings (SSSR count). The van der Waals surface area contributed by atoms with Crippen molar-refractivity contribution in [2.45, 2.75) is 38.3 Å². The van der Waals surface area contributed by atoms with Crippen molar-refractivity contribution in [3.05, 3.63) is 52.6 Å². The molecule has 1 atom stereocenters. The molecule has 5 nitrogen and oxygen atoms in total. The lowest BCUT2D eigenvalue weighted by molar-refractivity contribution is -0.133. The average molecular weight is 341 g/mol. The molecule has 2 heterocycles. The minimum absolute atomic E-state index is 0.0294. The van der Waals surface area contributed by atoms with Crippen LogP contribution in [0.4, 0.5) is 4.39 Å². The molecule has 6 heteroatoms. The van der Waals surface area contributed by atoms with Crippen LogP contribution in [0.1, 0.15) is 25.7 Å². The maximum Gasteiger partial charge on any atom is 0.266 e. The lowest BCUT2D eigenvalue weighted by Gasteiger charge is -2.25. The van der Waals surface area contributed by atoms with Gasteiger partial charge in [0.1, 0.15) is 5.82 Å². The third-order valence-corrected chi connectivity index (χ3v) is 4.98. The topological polar surface area (TPSA) is 55.2 Å². The van der Waals surface area contributed by atoms with Gasteiger partial charge in [0.2, 0.25) is 5.91 Å². The monoisotopic (exact) mass is 341 g/mol. The van der Waals surface area contributed by atoms with Crippen molar-refractivity contribution in [2.75, 3.05) is 6.54 Å². The van der Waals surface area contributed by atoms with Crippen LogP contribution in [0.25, 0.3) is 11.3 Å². The molecule has 130 valence electrons. The summed E-state index contributed by atoms with van der Waals surface area (Å²) in [5.74, 6) is 0.110. The van der Waals surface area contributed by atoms with Gasteiger partial charge in [-0.25, -0.2) is 9.07 Å². The molecule has 0 radical (unpaired) electrons. The number of carbonyl (C=O) groups excluding carboxylic acids is 1. The molecular formula is C19H20FN3O2. The van der Waals surface area contributed by atoms with Gasteiger partial charge in [0.25, 0.3) is 5.56 Å². The molecule has 0 unspecified atom stereocenters. The Labute approximate surface area is 145 Å². The van der Waals surface area contributed by atoms with Crippen LogP contribution in [0.2, 0.25) is 0 Å². The second kappa shape index (κ2) is 6.43. The molecule has 1 aromatic heterocycles. The number of hydrogen-bond acceptors (Lipinski definition) is 3. The Morgan fingerprint density at radius 2 is 1.88 bits per heavy atom. The Hall–Kier alpha value is -2.50. The number of benzene rings is 1. The number of carbonyl (C=O) groups is 1. The lowest BCUT2D eigenvalue weighted by atomic mass is 10.1. The molecule has 1 aliphatic heterocycles. The Bertz CT molecular complexity index is 842. The highest BCUT2D eigenvalue weighted by Crippen LogP contribution is 2.33. The fraction of sp³-hybridized carbons (Fsp3) is 0.421. The summed E-state index contributed by atoms with van der Waals surface area (Å²) < 4.78 is 14.5. The Balaban J connectivity index is 1.57. The standard InChI is InChI=1S/C19H20FN3O2/c20-15-7-5-13(6-8-15)17-9-10-18(24)23(21-17)12-16-2-1-11-22(16)19(25)14-3-4-14/h5-10,14,16H,1-4,11-12H2/t16-/m0/s1. The molecule has 2 aromatic rings. The Morgan fingerprint density at radius 3 is 2.60 bits per heavy atom. The highest BCUT2D eigenvalue weighted by molar-refractivity contribution is 5.81. The SMILES string of the molecule is O=C(C1CC1)N1CCC[C@H]1Cn1nc(-c2ccc(F)cc2)ccc1=O. The van der Waals surface area contributed by atoms with Crippen LogP contribution in [0.5, 0.6) is 0 Å². The van der Waals surface area contributed by atoms with Crippen molar-refractivity contribution in [3.63, 3.8) is 0 Å².